The number of carbonyl (C=O) groups excluding carboxylic acids is 1. The Morgan fingerprint density at radius 3 is 2.24 bits per heavy atom. The second-order valence-corrected chi connectivity index (χ2v) is 4.19. The summed E-state index contributed by atoms with van der Waals surface area (Å²) >= 11 is 5.37. The van der Waals surface area contributed by atoms with Crippen LogP contribution in [0.15, 0.2) is 24.8 Å². The normalized spacial score (nSPS) is 14.2. The zero-order valence-corrected chi connectivity index (χ0v) is 9.82. The highest BCUT2D eigenvalue weighted by Crippen LogP contribution is 2.34. The van der Waals surface area contributed by atoms with Gasteiger partial charge >= 0.3 is 0 Å². The van der Waals surface area contributed by atoms with Gasteiger partial charge in [-0.3, -0.25) is 4.79 Å². The molecule has 0 radical (unpaired) electrons. The minimum absolute atomic E-state index is 0.0468. The molecule has 0 bridgehead atoms. The van der Waals surface area contributed by atoms with Crippen molar-refractivity contribution in [3.63, 3.8) is 0 Å². The number of benzene rings is 1. The van der Waals surface area contributed by atoms with Crippen molar-refractivity contribution in [2.75, 3.05) is 0 Å². The third-order valence-electron chi connectivity index (χ3n) is 2.55. The van der Waals surface area contributed by atoms with E-state index in [2.05, 4.69) is 6.58 Å². The highest BCUT2D eigenvalue weighted by Gasteiger charge is 2.38. The van der Waals surface area contributed by atoms with Crippen LogP contribution in [0, 0.1) is 17.5 Å². The SMILES string of the molecule is C=CCC(C)(C(=O)Cl)c1c(F)cc(F)cc1F. The largest absolute Gasteiger partial charge is 0.280 e. The number of carbonyl (C=O) groups is 1. The first-order valence-corrected chi connectivity index (χ1v) is 5.16. The molecular formula is C12H10ClF3O. The van der Waals surface area contributed by atoms with Gasteiger partial charge in [-0.1, -0.05) is 6.08 Å². The van der Waals surface area contributed by atoms with E-state index in [0.717, 1.165) is 0 Å². The summed E-state index contributed by atoms with van der Waals surface area (Å²) in [5.74, 6) is -3.33. The van der Waals surface area contributed by atoms with Crippen molar-refractivity contribution in [2.45, 2.75) is 18.8 Å². The molecule has 0 heterocycles. The number of hydrogen-bond acceptors (Lipinski definition) is 1. The molecule has 1 atom stereocenters. The van der Waals surface area contributed by atoms with E-state index >= 15 is 0 Å². The summed E-state index contributed by atoms with van der Waals surface area (Å²) < 4.78 is 39.9. The lowest BCUT2D eigenvalue weighted by molar-refractivity contribution is -0.116. The molecule has 0 N–H and O–H groups in total. The molecule has 0 fully saturated rings. The second-order valence-electron chi connectivity index (χ2n) is 3.84. The first kappa shape index (κ1) is 13.8. The molecule has 0 amide bonds. The predicted molar refractivity (Wildman–Crippen MR) is 59.3 cm³/mol. The molecule has 0 saturated heterocycles. The maximum atomic E-state index is 13.6. The van der Waals surface area contributed by atoms with Gasteiger partial charge in [0.05, 0.1) is 5.41 Å². The van der Waals surface area contributed by atoms with Crippen molar-refractivity contribution in [3.8, 4) is 0 Å². The standard InChI is InChI=1S/C12H10ClF3O/c1-3-4-12(2,11(13)17)10-8(15)5-7(14)6-9(10)16/h3,5-6H,1,4H2,2H3. The fourth-order valence-electron chi connectivity index (χ4n) is 1.64. The van der Waals surface area contributed by atoms with Gasteiger partial charge in [-0.2, -0.15) is 0 Å². The van der Waals surface area contributed by atoms with Crippen molar-refractivity contribution in [1.29, 1.82) is 0 Å². The van der Waals surface area contributed by atoms with Crippen LogP contribution in [-0.2, 0) is 10.2 Å². The molecule has 0 aliphatic heterocycles. The molecule has 5 heteroatoms. The van der Waals surface area contributed by atoms with E-state index in [4.69, 9.17) is 11.6 Å². The smallest absolute Gasteiger partial charge is 0.232 e. The van der Waals surface area contributed by atoms with E-state index in [1.807, 2.05) is 0 Å². The van der Waals surface area contributed by atoms with Crippen molar-refractivity contribution < 1.29 is 18.0 Å². The van der Waals surface area contributed by atoms with E-state index < -0.39 is 33.7 Å². The van der Waals surface area contributed by atoms with Gasteiger partial charge in [0.25, 0.3) is 0 Å². The molecule has 1 nitrogen and oxygen atoms in total. The van der Waals surface area contributed by atoms with Gasteiger partial charge in [-0.05, 0) is 24.9 Å². The Hall–Kier alpha value is -1.29. The number of halogens is 4. The summed E-state index contributed by atoms with van der Waals surface area (Å²) in [5, 5.41) is -0.929. The van der Waals surface area contributed by atoms with Crippen molar-refractivity contribution >= 4 is 16.8 Å². The molecule has 1 rings (SSSR count). The van der Waals surface area contributed by atoms with Gasteiger partial charge in [0.2, 0.25) is 5.24 Å². The van der Waals surface area contributed by atoms with Gasteiger partial charge in [0.15, 0.2) is 0 Å². The lowest BCUT2D eigenvalue weighted by Gasteiger charge is -2.25. The van der Waals surface area contributed by atoms with E-state index in [1.165, 1.54) is 13.0 Å². The lowest BCUT2D eigenvalue weighted by atomic mass is 9.80. The Kier molecular flexibility index (Phi) is 3.98. The molecule has 1 unspecified atom stereocenters. The Morgan fingerprint density at radius 1 is 1.41 bits per heavy atom. The third kappa shape index (κ3) is 2.52. The van der Waals surface area contributed by atoms with Crippen molar-refractivity contribution in [3.05, 3.63) is 47.8 Å². The molecule has 1 aromatic carbocycles. The highest BCUT2D eigenvalue weighted by atomic mass is 35.5. The van der Waals surface area contributed by atoms with Crippen LogP contribution in [0.5, 0.6) is 0 Å². The van der Waals surface area contributed by atoms with Crippen LogP contribution in [0.2, 0.25) is 0 Å². The fraction of sp³-hybridized carbons (Fsp3) is 0.250. The molecular weight excluding hydrogens is 253 g/mol. The van der Waals surface area contributed by atoms with Crippen LogP contribution in [0.4, 0.5) is 13.2 Å². The van der Waals surface area contributed by atoms with Crippen LogP contribution in [0.1, 0.15) is 18.9 Å². The van der Waals surface area contributed by atoms with E-state index in [0.29, 0.717) is 12.1 Å². The van der Waals surface area contributed by atoms with E-state index in [9.17, 15) is 18.0 Å². The zero-order chi connectivity index (χ0) is 13.2. The first-order chi connectivity index (χ1) is 7.82. The fourth-order valence-corrected chi connectivity index (χ4v) is 1.81. The molecule has 92 valence electrons. The summed E-state index contributed by atoms with van der Waals surface area (Å²) in [6.45, 7) is 4.68. The van der Waals surface area contributed by atoms with Gasteiger partial charge < -0.3 is 0 Å². The topological polar surface area (TPSA) is 17.1 Å². The number of allylic oxidation sites excluding steroid dienone is 1. The Labute approximate surface area is 102 Å². The van der Waals surface area contributed by atoms with Crippen molar-refractivity contribution in [1.82, 2.24) is 0 Å². The van der Waals surface area contributed by atoms with Gasteiger partial charge in [-0.15, -0.1) is 6.58 Å². The van der Waals surface area contributed by atoms with Crippen LogP contribution < -0.4 is 0 Å². The Morgan fingerprint density at radius 2 is 1.88 bits per heavy atom. The molecule has 0 aromatic heterocycles. The second kappa shape index (κ2) is 4.92. The van der Waals surface area contributed by atoms with Crippen LogP contribution in [0.3, 0.4) is 0 Å². The minimum atomic E-state index is -1.59. The molecule has 17 heavy (non-hydrogen) atoms. The molecule has 0 aliphatic carbocycles. The minimum Gasteiger partial charge on any atom is -0.280 e. The lowest BCUT2D eigenvalue weighted by Crippen LogP contribution is -2.31. The molecule has 1 aromatic rings. The summed E-state index contributed by atoms with van der Waals surface area (Å²) in [6, 6.07) is 1.03. The Balaban J connectivity index is 3.48. The summed E-state index contributed by atoms with van der Waals surface area (Å²) in [4.78, 5) is 11.3. The maximum Gasteiger partial charge on any atom is 0.232 e. The average molecular weight is 263 g/mol. The predicted octanol–water partition coefficient (Wildman–Crippen LogP) is 3.70. The molecule has 0 saturated carbocycles. The molecule has 0 spiro atoms. The van der Waals surface area contributed by atoms with Gasteiger partial charge in [0, 0.05) is 17.7 Å². The average Bonchev–Trinajstić information content (AvgIpc) is 2.15. The van der Waals surface area contributed by atoms with Crippen molar-refractivity contribution in [2.24, 2.45) is 0 Å². The van der Waals surface area contributed by atoms with Crippen LogP contribution in [0.25, 0.3) is 0 Å². The number of hydrogen-bond donors (Lipinski definition) is 0. The molecule has 0 aliphatic rings. The quantitative estimate of drug-likeness (QED) is 0.597. The van der Waals surface area contributed by atoms with Gasteiger partial charge in [0.1, 0.15) is 17.5 Å². The first-order valence-electron chi connectivity index (χ1n) is 4.78. The highest BCUT2D eigenvalue weighted by molar-refractivity contribution is 6.65. The van der Waals surface area contributed by atoms with E-state index in [1.54, 1.807) is 0 Å². The van der Waals surface area contributed by atoms with Gasteiger partial charge in [-0.25, -0.2) is 13.2 Å². The Bertz CT molecular complexity index is 450. The summed E-state index contributed by atoms with van der Waals surface area (Å²) in [5.41, 5.74) is -2.13. The maximum absolute atomic E-state index is 13.6. The van der Waals surface area contributed by atoms with Crippen LogP contribution in [-0.4, -0.2) is 5.24 Å². The van der Waals surface area contributed by atoms with E-state index in [-0.39, 0.29) is 6.42 Å². The summed E-state index contributed by atoms with van der Waals surface area (Å²) in [6.07, 6.45) is 1.28. The monoisotopic (exact) mass is 262 g/mol. The summed E-state index contributed by atoms with van der Waals surface area (Å²) in [7, 11) is 0. The third-order valence-corrected chi connectivity index (χ3v) is 2.96. The zero-order valence-electron chi connectivity index (χ0n) is 9.07. The van der Waals surface area contributed by atoms with Crippen LogP contribution >= 0.6 is 11.6 Å². The number of rotatable bonds is 4.